The maximum absolute atomic E-state index is 12.6. The molecule has 4 aromatic rings. The van der Waals surface area contributed by atoms with Gasteiger partial charge in [0.1, 0.15) is 0 Å². The molecule has 0 atom stereocenters. The van der Waals surface area contributed by atoms with Gasteiger partial charge in [-0.3, -0.25) is 9.59 Å². The third kappa shape index (κ3) is 1.60. The van der Waals surface area contributed by atoms with E-state index in [-0.39, 0.29) is 0 Å². The number of ketones is 2. The lowest BCUT2D eigenvalue weighted by atomic mass is 9.79. The number of carbonyl (C=O) groups is 2. The Hall–Kier alpha value is -3.26. The maximum Gasteiger partial charge on any atom is 0.234 e. The Morgan fingerprint density at radius 1 is 0.458 bits per heavy atom. The first kappa shape index (κ1) is 13.2. The highest BCUT2D eigenvalue weighted by Gasteiger charge is 2.32. The maximum atomic E-state index is 12.6. The summed E-state index contributed by atoms with van der Waals surface area (Å²) in [6, 6.07) is 23.4. The molecule has 0 aliphatic heterocycles. The summed E-state index contributed by atoms with van der Waals surface area (Å²) in [5.74, 6) is -0.836. The first-order valence-electron chi connectivity index (χ1n) is 7.88. The van der Waals surface area contributed by atoms with Crippen molar-refractivity contribution >= 4 is 33.1 Å². The lowest BCUT2D eigenvalue weighted by molar-refractivity contribution is 0.0815. The summed E-state index contributed by atoms with van der Waals surface area (Å²) in [5, 5.41) is 4.15. The Labute approximate surface area is 138 Å². The van der Waals surface area contributed by atoms with Crippen molar-refractivity contribution in [3.8, 4) is 11.1 Å². The van der Waals surface area contributed by atoms with Gasteiger partial charge in [0.15, 0.2) is 0 Å². The fourth-order valence-electron chi connectivity index (χ4n) is 3.70. The van der Waals surface area contributed by atoms with Crippen LogP contribution in [0, 0.1) is 0 Å². The van der Waals surface area contributed by atoms with E-state index in [9.17, 15) is 9.59 Å². The largest absolute Gasteiger partial charge is 0.285 e. The second-order valence-corrected chi connectivity index (χ2v) is 6.08. The van der Waals surface area contributed by atoms with Crippen LogP contribution in [0.25, 0.3) is 32.7 Å². The number of hydrogen-bond acceptors (Lipinski definition) is 2. The smallest absolute Gasteiger partial charge is 0.234 e. The van der Waals surface area contributed by atoms with Crippen LogP contribution in [0.5, 0.6) is 0 Å². The van der Waals surface area contributed by atoms with Crippen LogP contribution in [0.1, 0.15) is 20.7 Å². The zero-order valence-corrected chi connectivity index (χ0v) is 12.7. The van der Waals surface area contributed by atoms with Crippen LogP contribution >= 0.6 is 0 Å². The average molecular weight is 308 g/mol. The van der Waals surface area contributed by atoms with Crippen LogP contribution in [0.2, 0.25) is 0 Å². The van der Waals surface area contributed by atoms with Gasteiger partial charge in [0.05, 0.1) is 0 Å². The second kappa shape index (κ2) is 4.62. The lowest BCUT2D eigenvalue weighted by Crippen LogP contribution is -2.21. The van der Waals surface area contributed by atoms with Crippen molar-refractivity contribution in [3.63, 3.8) is 0 Å². The lowest BCUT2D eigenvalue weighted by Gasteiger charge is -2.21. The number of benzene rings is 4. The molecule has 0 fully saturated rings. The highest BCUT2D eigenvalue weighted by atomic mass is 16.2. The molecule has 0 saturated heterocycles. The third-order valence-electron chi connectivity index (χ3n) is 4.80. The van der Waals surface area contributed by atoms with E-state index in [4.69, 9.17) is 0 Å². The highest BCUT2D eigenvalue weighted by Crippen LogP contribution is 2.42. The zero-order chi connectivity index (χ0) is 16.3. The van der Waals surface area contributed by atoms with E-state index in [0.29, 0.717) is 11.1 Å². The molecule has 24 heavy (non-hydrogen) atoms. The quantitative estimate of drug-likeness (QED) is 0.426. The van der Waals surface area contributed by atoms with E-state index in [0.717, 1.165) is 32.7 Å². The van der Waals surface area contributed by atoms with Gasteiger partial charge in [0.25, 0.3) is 0 Å². The van der Waals surface area contributed by atoms with Crippen LogP contribution in [0.3, 0.4) is 0 Å². The number of hydrogen-bond donors (Lipinski definition) is 0. The van der Waals surface area contributed by atoms with Gasteiger partial charge in [-0.25, -0.2) is 0 Å². The second-order valence-electron chi connectivity index (χ2n) is 6.08. The topological polar surface area (TPSA) is 34.1 Å². The molecule has 0 amide bonds. The van der Waals surface area contributed by atoms with E-state index >= 15 is 0 Å². The molecule has 0 aromatic heterocycles. The number of rotatable bonds is 0. The Morgan fingerprint density at radius 3 is 1.33 bits per heavy atom. The third-order valence-corrected chi connectivity index (χ3v) is 4.80. The summed E-state index contributed by atoms with van der Waals surface area (Å²) < 4.78 is 0. The van der Waals surface area contributed by atoms with Crippen molar-refractivity contribution in [2.75, 3.05) is 0 Å². The molecular weight excluding hydrogens is 296 g/mol. The highest BCUT2D eigenvalue weighted by molar-refractivity contribution is 6.54. The molecule has 112 valence electrons. The minimum Gasteiger partial charge on any atom is -0.285 e. The molecule has 0 bridgehead atoms. The standard InChI is InChI=1S/C22H12O2/c23-21-17-11-9-13-5-1-3-7-15(13)19(17)20-16-8-4-2-6-14(16)10-12-18(20)22(21)24/h1-12H. The van der Waals surface area contributed by atoms with Gasteiger partial charge in [-0.05, 0) is 33.7 Å². The van der Waals surface area contributed by atoms with Crippen LogP contribution in [-0.4, -0.2) is 11.6 Å². The normalized spacial score (nSPS) is 13.2. The molecule has 0 unspecified atom stereocenters. The Balaban J connectivity index is 2.06. The minimum atomic E-state index is -0.418. The summed E-state index contributed by atoms with van der Waals surface area (Å²) in [6.45, 7) is 0. The van der Waals surface area contributed by atoms with Gasteiger partial charge >= 0.3 is 0 Å². The van der Waals surface area contributed by atoms with Crippen molar-refractivity contribution in [2.45, 2.75) is 0 Å². The zero-order valence-electron chi connectivity index (χ0n) is 12.7. The predicted molar refractivity (Wildman–Crippen MR) is 95.6 cm³/mol. The number of fused-ring (bicyclic) bond motifs is 7. The molecule has 1 aliphatic rings. The molecule has 0 saturated carbocycles. The molecule has 0 heterocycles. The molecule has 0 spiro atoms. The van der Waals surface area contributed by atoms with Crippen LogP contribution in [0.4, 0.5) is 0 Å². The molecule has 2 heteroatoms. The monoisotopic (exact) mass is 308 g/mol. The fraction of sp³-hybridized carbons (Fsp3) is 0. The summed E-state index contributed by atoms with van der Waals surface area (Å²) in [5.41, 5.74) is 2.76. The average Bonchev–Trinajstić information content (AvgIpc) is 2.64. The van der Waals surface area contributed by atoms with Gasteiger partial charge in [0, 0.05) is 22.3 Å². The molecule has 4 aromatic carbocycles. The Kier molecular flexibility index (Phi) is 2.54. The summed E-state index contributed by atoms with van der Waals surface area (Å²) in [4.78, 5) is 25.2. The molecular formula is C22H12O2. The van der Waals surface area contributed by atoms with Crippen molar-refractivity contribution in [1.29, 1.82) is 0 Å². The minimum absolute atomic E-state index is 0.418. The first-order valence-corrected chi connectivity index (χ1v) is 7.88. The summed E-state index contributed by atoms with van der Waals surface area (Å²) >= 11 is 0. The van der Waals surface area contributed by atoms with Crippen molar-refractivity contribution < 1.29 is 9.59 Å². The molecule has 5 rings (SSSR count). The van der Waals surface area contributed by atoms with Crippen LogP contribution in [0.15, 0.2) is 72.8 Å². The summed E-state index contributed by atoms with van der Waals surface area (Å²) in [6.07, 6.45) is 0. The molecule has 1 aliphatic carbocycles. The Bertz CT molecular complexity index is 1090. The van der Waals surface area contributed by atoms with Gasteiger partial charge in [-0.1, -0.05) is 60.7 Å². The van der Waals surface area contributed by atoms with Crippen LogP contribution < -0.4 is 0 Å². The van der Waals surface area contributed by atoms with Crippen molar-refractivity contribution in [3.05, 3.63) is 83.9 Å². The molecule has 0 radical (unpaired) electrons. The van der Waals surface area contributed by atoms with E-state index in [1.807, 2.05) is 60.7 Å². The molecule has 2 nitrogen and oxygen atoms in total. The van der Waals surface area contributed by atoms with Crippen molar-refractivity contribution in [2.24, 2.45) is 0 Å². The fourth-order valence-corrected chi connectivity index (χ4v) is 3.70. The first-order chi connectivity index (χ1) is 11.8. The van der Waals surface area contributed by atoms with Crippen molar-refractivity contribution in [1.82, 2.24) is 0 Å². The van der Waals surface area contributed by atoms with E-state index in [1.165, 1.54) is 0 Å². The predicted octanol–water partition coefficient (Wildman–Crippen LogP) is 5.04. The Morgan fingerprint density at radius 2 is 0.875 bits per heavy atom. The van der Waals surface area contributed by atoms with Crippen LogP contribution in [-0.2, 0) is 0 Å². The van der Waals surface area contributed by atoms with E-state index < -0.39 is 11.6 Å². The van der Waals surface area contributed by atoms with E-state index in [1.54, 1.807) is 12.1 Å². The summed E-state index contributed by atoms with van der Waals surface area (Å²) in [7, 11) is 0. The van der Waals surface area contributed by atoms with E-state index in [2.05, 4.69) is 0 Å². The SMILES string of the molecule is O=C1C(=O)c2ccc3ccccc3c2-c2c1ccc1ccccc21. The van der Waals surface area contributed by atoms with Gasteiger partial charge in [-0.2, -0.15) is 0 Å². The number of Topliss-reactive ketones (excluding diaryl/α,β-unsaturated/α-hetero) is 2. The number of carbonyl (C=O) groups excluding carboxylic acids is 2. The van der Waals surface area contributed by atoms with Gasteiger partial charge in [-0.15, -0.1) is 0 Å². The van der Waals surface area contributed by atoms with Gasteiger partial charge < -0.3 is 0 Å². The van der Waals surface area contributed by atoms with Gasteiger partial charge in [0.2, 0.25) is 11.6 Å². The molecule has 0 N–H and O–H groups in total.